The second kappa shape index (κ2) is 7.28. The Labute approximate surface area is 120 Å². The number of anilines is 2. The molecule has 0 aliphatic rings. The van der Waals surface area contributed by atoms with E-state index in [9.17, 15) is 8.42 Å². The summed E-state index contributed by atoms with van der Waals surface area (Å²) in [6.45, 7) is 7.05. The Morgan fingerprint density at radius 2 is 2.15 bits per heavy atom. The molecule has 0 atom stereocenters. The molecule has 1 rings (SSSR count). The highest BCUT2D eigenvalue weighted by Gasteiger charge is 2.16. The van der Waals surface area contributed by atoms with Gasteiger partial charge < -0.3 is 15.8 Å². The summed E-state index contributed by atoms with van der Waals surface area (Å²) >= 11 is 0. The van der Waals surface area contributed by atoms with Crippen LogP contribution < -0.4 is 15.8 Å². The molecule has 4 N–H and O–H groups in total. The second-order valence-electron chi connectivity index (χ2n) is 4.40. The molecule has 0 amide bonds. The number of hydrogen-bond donors (Lipinski definition) is 3. The Kier molecular flexibility index (Phi) is 6.00. The lowest BCUT2D eigenvalue weighted by molar-refractivity contribution is 0.167. The SMILES string of the molecule is C=C(C)COCCNc1ccc(N)cc1S(=O)(=O)NC. The van der Waals surface area contributed by atoms with Crippen LogP contribution in [0.1, 0.15) is 6.92 Å². The highest BCUT2D eigenvalue weighted by Crippen LogP contribution is 2.23. The fraction of sp³-hybridized carbons (Fsp3) is 0.385. The summed E-state index contributed by atoms with van der Waals surface area (Å²) in [5.74, 6) is 0. The van der Waals surface area contributed by atoms with E-state index in [0.717, 1.165) is 5.57 Å². The van der Waals surface area contributed by atoms with Crippen molar-refractivity contribution in [3.63, 3.8) is 0 Å². The molecule has 0 radical (unpaired) electrons. The minimum Gasteiger partial charge on any atom is -0.399 e. The van der Waals surface area contributed by atoms with E-state index in [1.807, 2.05) is 6.92 Å². The first-order valence-electron chi connectivity index (χ1n) is 6.16. The molecule has 0 fully saturated rings. The number of nitrogen functional groups attached to an aromatic ring is 1. The zero-order valence-corrected chi connectivity index (χ0v) is 12.6. The van der Waals surface area contributed by atoms with E-state index in [-0.39, 0.29) is 4.90 Å². The fourth-order valence-electron chi connectivity index (χ4n) is 1.52. The first kappa shape index (κ1) is 16.5. The van der Waals surface area contributed by atoms with Crippen molar-refractivity contribution in [2.75, 3.05) is 37.9 Å². The second-order valence-corrected chi connectivity index (χ2v) is 6.25. The predicted octanol–water partition coefficient (Wildman–Crippen LogP) is 1.18. The van der Waals surface area contributed by atoms with Gasteiger partial charge in [-0.1, -0.05) is 12.2 Å². The summed E-state index contributed by atoms with van der Waals surface area (Å²) in [6, 6.07) is 4.70. The summed E-state index contributed by atoms with van der Waals surface area (Å²) in [7, 11) is -2.20. The number of rotatable bonds is 8. The molecule has 0 aliphatic heterocycles. The molecule has 7 heteroatoms. The zero-order valence-electron chi connectivity index (χ0n) is 11.8. The molecule has 112 valence electrons. The van der Waals surface area contributed by atoms with Gasteiger partial charge in [-0.2, -0.15) is 0 Å². The fourth-order valence-corrected chi connectivity index (χ4v) is 2.46. The number of nitrogens with one attached hydrogen (secondary N) is 2. The molecule has 0 saturated carbocycles. The third-order valence-electron chi connectivity index (χ3n) is 2.47. The van der Waals surface area contributed by atoms with Gasteiger partial charge in [0, 0.05) is 12.2 Å². The van der Waals surface area contributed by atoms with Crippen molar-refractivity contribution in [2.24, 2.45) is 0 Å². The molecule has 0 aliphatic carbocycles. The zero-order chi connectivity index (χ0) is 15.2. The van der Waals surface area contributed by atoms with E-state index >= 15 is 0 Å². The minimum atomic E-state index is -3.55. The van der Waals surface area contributed by atoms with Crippen LogP contribution in [0.4, 0.5) is 11.4 Å². The summed E-state index contributed by atoms with van der Waals surface area (Å²) in [6.07, 6.45) is 0. The van der Waals surface area contributed by atoms with Crippen molar-refractivity contribution >= 4 is 21.4 Å². The van der Waals surface area contributed by atoms with Crippen LogP contribution in [0.15, 0.2) is 35.2 Å². The van der Waals surface area contributed by atoms with Gasteiger partial charge in [-0.05, 0) is 32.2 Å². The normalized spacial score (nSPS) is 11.3. The van der Waals surface area contributed by atoms with Crippen molar-refractivity contribution in [2.45, 2.75) is 11.8 Å². The molecule has 1 aromatic rings. The van der Waals surface area contributed by atoms with Crippen molar-refractivity contribution in [1.29, 1.82) is 0 Å². The molecule has 0 bridgehead atoms. The Hall–Kier alpha value is -1.57. The molecular formula is C13H21N3O3S. The molecule has 0 unspecified atom stereocenters. The first-order valence-corrected chi connectivity index (χ1v) is 7.64. The van der Waals surface area contributed by atoms with E-state index in [1.54, 1.807) is 12.1 Å². The first-order chi connectivity index (χ1) is 9.36. The van der Waals surface area contributed by atoms with Crippen LogP contribution in [0.3, 0.4) is 0 Å². The molecule has 0 aromatic heterocycles. The van der Waals surface area contributed by atoms with Gasteiger partial charge in [0.1, 0.15) is 4.90 Å². The monoisotopic (exact) mass is 299 g/mol. The highest BCUT2D eigenvalue weighted by molar-refractivity contribution is 7.89. The van der Waals surface area contributed by atoms with Crippen LogP contribution in [-0.4, -0.2) is 35.2 Å². The topological polar surface area (TPSA) is 93.4 Å². The van der Waals surface area contributed by atoms with Gasteiger partial charge in [0.25, 0.3) is 0 Å². The number of nitrogens with two attached hydrogens (primary N) is 1. The minimum absolute atomic E-state index is 0.125. The maximum atomic E-state index is 11.9. The third kappa shape index (κ3) is 4.84. The smallest absolute Gasteiger partial charge is 0.242 e. The van der Waals surface area contributed by atoms with E-state index < -0.39 is 10.0 Å². The molecule has 1 aromatic carbocycles. The number of ether oxygens (including phenoxy) is 1. The Morgan fingerprint density at radius 3 is 2.75 bits per heavy atom. The maximum absolute atomic E-state index is 11.9. The summed E-state index contributed by atoms with van der Waals surface area (Å²) in [5, 5.41) is 3.03. The molecule has 6 nitrogen and oxygen atoms in total. The number of benzene rings is 1. The maximum Gasteiger partial charge on any atom is 0.242 e. The average molecular weight is 299 g/mol. The standard InChI is InChI=1S/C13H21N3O3S/c1-10(2)9-19-7-6-16-12-5-4-11(14)8-13(12)20(17,18)15-3/h4-5,8,15-16H,1,6-7,9,14H2,2-3H3. The summed E-state index contributed by atoms with van der Waals surface area (Å²) < 4.78 is 31.4. The van der Waals surface area contributed by atoms with Crippen molar-refractivity contribution in [3.05, 3.63) is 30.4 Å². The highest BCUT2D eigenvalue weighted by atomic mass is 32.2. The van der Waals surface area contributed by atoms with Crippen LogP contribution in [-0.2, 0) is 14.8 Å². The van der Waals surface area contributed by atoms with E-state index in [1.165, 1.54) is 13.1 Å². The van der Waals surface area contributed by atoms with Gasteiger partial charge in [-0.3, -0.25) is 0 Å². The van der Waals surface area contributed by atoms with E-state index in [2.05, 4.69) is 16.6 Å². The van der Waals surface area contributed by atoms with Gasteiger partial charge in [0.2, 0.25) is 10.0 Å². The Balaban J connectivity index is 2.73. The van der Waals surface area contributed by atoms with E-state index in [4.69, 9.17) is 10.5 Å². The quantitative estimate of drug-likeness (QED) is 0.381. The molecule has 0 heterocycles. The third-order valence-corrected chi connectivity index (χ3v) is 3.93. The lowest BCUT2D eigenvalue weighted by Crippen LogP contribution is -2.21. The van der Waals surface area contributed by atoms with Gasteiger partial charge in [0.15, 0.2) is 0 Å². The molecule has 0 spiro atoms. The molecule has 0 saturated heterocycles. The van der Waals surface area contributed by atoms with Gasteiger partial charge in [-0.25, -0.2) is 13.1 Å². The molecule has 20 heavy (non-hydrogen) atoms. The van der Waals surface area contributed by atoms with Gasteiger partial charge in [0.05, 0.1) is 18.9 Å². The largest absolute Gasteiger partial charge is 0.399 e. The lowest BCUT2D eigenvalue weighted by Gasteiger charge is -2.13. The molecular weight excluding hydrogens is 278 g/mol. The van der Waals surface area contributed by atoms with Crippen LogP contribution in [0.2, 0.25) is 0 Å². The van der Waals surface area contributed by atoms with Gasteiger partial charge >= 0.3 is 0 Å². The Bertz CT molecular complexity index is 570. The van der Waals surface area contributed by atoms with Crippen molar-refractivity contribution in [3.8, 4) is 0 Å². The van der Waals surface area contributed by atoms with Crippen molar-refractivity contribution < 1.29 is 13.2 Å². The van der Waals surface area contributed by atoms with Crippen LogP contribution in [0, 0.1) is 0 Å². The van der Waals surface area contributed by atoms with E-state index in [0.29, 0.717) is 31.1 Å². The van der Waals surface area contributed by atoms with Crippen molar-refractivity contribution in [1.82, 2.24) is 4.72 Å². The summed E-state index contributed by atoms with van der Waals surface area (Å²) in [4.78, 5) is 0.125. The van der Waals surface area contributed by atoms with Crippen LogP contribution in [0.25, 0.3) is 0 Å². The van der Waals surface area contributed by atoms with Crippen LogP contribution in [0.5, 0.6) is 0 Å². The number of sulfonamides is 1. The number of hydrogen-bond acceptors (Lipinski definition) is 5. The van der Waals surface area contributed by atoms with Gasteiger partial charge in [-0.15, -0.1) is 0 Å². The average Bonchev–Trinajstić information content (AvgIpc) is 2.39. The lowest BCUT2D eigenvalue weighted by atomic mass is 10.3. The summed E-state index contributed by atoms with van der Waals surface area (Å²) in [5.41, 5.74) is 7.46. The van der Waals surface area contributed by atoms with Crippen LogP contribution >= 0.6 is 0 Å². The predicted molar refractivity (Wildman–Crippen MR) is 81.2 cm³/mol. The Morgan fingerprint density at radius 1 is 1.45 bits per heavy atom.